The molecule has 2 heterocycles. The Bertz CT molecular complexity index is 616. The average Bonchev–Trinajstić information content (AvgIpc) is 2.75. The van der Waals surface area contributed by atoms with E-state index in [1.165, 1.54) is 0 Å². The first-order valence-electron chi connectivity index (χ1n) is 6.95. The van der Waals surface area contributed by atoms with Crippen LogP contribution in [0.15, 0.2) is 6.07 Å². The van der Waals surface area contributed by atoms with Crippen molar-refractivity contribution in [1.29, 1.82) is 0 Å². The Kier molecular flexibility index (Phi) is 4.38. The Morgan fingerprint density at radius 2 is 2.19 bits per heavy atom. The molecule has 0 spiro atoms. The molecule has 3 N–H and O–H groups in total. The van der Waals surface area contributed by atoms with Crippen molar-refractivity contribution in [3.05, 3.63) is 11.8 Å². The molecule has 2 rings (SSSR count). The molecule has 118 valence electrons. The van der Waals surface area contributed by atoms with Gasteiger partial charge in [0.15, 0.2) is 15.7 Å². The van der Waals surface area contributed by atoms with Crippen LogP contribution in [0, 0.1) is 0 Å². The summed E-state index contributed by atoms with van der Waals surface area (Å²) in [4.78, 5) is 12.0. The van der Waals surface area contributed by atoms with Crippen LogP contribution >= 0.6 is 0 Å². The fourth-order valence-corrected chi connectivity index (χ4v) is 3.63. The number of carbonyl (C=O) groups excluding carboxylic acids is 1. The fourth-order valence-electron chi connectivity index (χ4n) is 2.19. The molecular formula is C13H22N4O3S. The minimum atomic E-state index is -3.03. The van der Waals surface area contributed by atoms with Gasteiger partial charge in [-0.25, -0.2) is 8.42 Å². The van der Waals surface area contributed by atoms with Crippen LogP contribution < -0.4 is 10.6 Å². The van der Waals surface area contributed by atoms with Crippen molar-refractivity contribution in [2.75, 3.05) is 23.4 Å². The normalized spacial score (nSPS) is 22.0. The lowest BCUT2D eigenvalue weighted by atomic mass is 9.92. The van der Waals surface area contributed by atoms with E-state index in [0.29, 0.717) is 12.4 Å². The molecule has 21 heavy (non-hydrogen) atoms. The van der Waals surface area contributed by atoms with E-state index in [4.69, 9.17) is 0 Å². The minimum absolute atomic E-state index is 0.00816. The molecule has 1 aromatic rings. The molecule has 0 bridgehead atoms. The van der Waals surface area contributed by atoms with Crippen molar-refractivity contribution >= 4 is 21.6 Å². The lowest BCUT2D eigenvalue weighted by Crippen LogP contribution is -2.46. The Labute approximate surface area is 124 Å². The molecule has 0 aromatic carbocycles. The monoisotopic (exact) mass is 314 g/mol. The molecule has 1 unspecified atom stereocenters. The molecular weight excluding hydrogens is 292 g/mol. The van der Waals surface area contributed by atoms with E-state index < -0.39 is 9.84 Å². The summed E-state index contributed by atoms with van der Waals surface area (Å²) in [5.41, 5.74) is 0.853. The van der Waals surface area contributed by atoms with Crippen LogP contribution in [0.4, 0.5) is 5.82 Å². The molecule has 8 heteroatoms. The van der Waals surface area contributed by atoms with Crippen molar-refractivity contribution in [1.82, 2.24) is 15.5 Å². The van der Waals surface area contributed by atoms with Crippen LogP contribution in [0.3, 0.4) is 0 Å². The van der Waals surface area contributed by atoms with Gasteiger partial charge < -0.3 is 10.6 Å². The predicted octanol–water partition coefficient (Wildman–Crippen LogP) is 0.422. The van der Waals surface area contributed by atoms with Crippen molar-refractivity contribution in [2.45, 2.75) is 38.6 Å². The first-order valence-corrected chi connectivity index (χ1v) is 8.77. The molecule has 0 saturated carbocycles. The molecule has 1 aliphatic rings. The highest BCUT2D eigenvalue weighted by Gasteiger charge is 2.26. The van der Waals surface area contributed by atoms with E-state index in [2.05, 4.69) is 20.8 Å². The summed E-state index contributed by atoms with van der Waals surface area (Å²) in [5, 5.41) is 12.7. The zero-order valence-electron chi connectivity index (χ0n) is 12.6. The number of carbonyl (C=O) groups is 1. The van der Waals surface area contributed by atoms with Gasteiger partial charge in [0.05, 0.1) is 11.5 Å². The van der Waals surface area contributed by atoms with E-state index in [9.17, 15) is 13.2 Å². The van der Waals surface area contributed by atoms with E-state index in [-0.39, 0.29) is 35.3 Å². The van der Waals surface area contributed by atoms with Gasteiger partial charge in [-0.2, -0.15) is 5.10 Å². The standard InChI is InChI=1S/C13H22N4O3S/c1-13(2,3)10-7-11(17-16-10)15-12(18)6-9-8-21(19,20)5-4-14-9/h7,9,14H,4-6,8H2,1-3H3,(H2,15,16,17,18). The third-order valence-electron chi connectivity index (χ3n) is 3.39. The van der Waals surface area contributed by atoms with Gasteiger partial charge in [0, 0.05) is 36.2 Å². The summed E-state index contributed by atoms with van der Waals surface area (Å²) in [7, 11) is -3.03. The predicted molar refractivity (Wildman–Crippen MR) is 81.0 cm³/mol. The number of H-pyrrole nitrogens is 1. The number of aromatic amines is 1. The first kappa shape index (κ1) is 16.0. The number of aromatic nitrogens is 2. The molecule has 0 aliphatic carbocycles. The number of rotatable bonds is 3. The van der Waals surface area contributed by atoms with Crippen LogP contribution in [0.25, 0.3) is 0 Å². The number of anilines is 1. The molecule has 1 aliphatic heterocycles. The largest absolute Gasteiger partial charge is 0.311 e. The maximum Gasteiger partial charge on any atom is 0.227 e. The van der Waals surface area contributed by atoms with E-state index in [1.54, 1.807) is 6.07 Å². The molecule has 1 atom stereocenters. The van der Waals surface area contributed by atoms with Gasteiger partial charge in [0.1, 0.15) is 0 Å². The molecule has 1 aromatic heterocycles. The third kappa shape index (κ3) is 4.53. The van der Waals surface area contributed by atoms with Crippen LogP contribution in [0.2, 0.25) is 0 Å². The summed E-state index contributed by atoms with van der Waals surface area (Å²) in [6.07, 6.45) is 0.122. The van der Waals surface area contributed by atoms with Gasteiger partial charge in [-0.3, -0.25) is 9.89 Å². The van der Waals surface area contributed by atoms with Crippen LogP contribution in [0.5, 0.6) is 0 Å². The molecule has 7 nitrogen and oxygen atoms in total. The van der Waals surface area contributed by atoms with E-state index in [0.717, 1.165) is 5.69 Å². The Balaban J connectivity index is 1.91. The van der Waals surface area contributed by atoms with Gasteiger partial charge in [-0.1, -0.05) is 20.8 Å². The van der Waals surface area contributed by atoms with Crippen molar-refractivity contribution in [3.8, 4) is 0 Å². The van der Waals surface area contributed by atoms with Crippen LogP contribution in [-0.4, -0.2) is 48.6 Å². The Morgan fingerprint density at radius 1 is 1.48 bits per heavy atom. The zero-order valence-corrected chi connectivity index (χ0v) is 13.4. The van der Waals surface area contributed by atoms with Gasteiger partial charge >= 0.3 is 0 Å². The highest BCUT2D eigenvalue weighted by molar-refractivity contribution is 7.91. The molecule has 0 radical (unpaired) electrons. The maximum atomic E-state index is 12.0. The molecule has 1 saturated heterocycles. The second-order valence-electron chi connectivity index (χ2n) is 6.43. The van der Waals surface area contributed by atoms with Gasteiger partial charge in [-0.15, -0.1) is 0 Å². The minimum Gasteiger partial charge on any atom is -0.311 e. The fraction of sp³-hybridized carbons (Fsp3) is 0.692. The number of nitrogens with zero attached hydrogens (tertiary/aromatic N) is 1. The maximum absolute atomic E-state index is 12.0. The van der Waals surface area contributed by atoms with Gasteiger partial charge in [0.2, 0.25) is 5.91 Å². The smallest absolute Gasteiger partial charge is 0.227 e. The SMILES string of the molecule is CC(C)(C)c1cc(NC(=O)CC2CS(=O)(=O)CCN2)n[nH]1. The second kappa shape index (κ2) is 5.76. The quantitative estimate of drug-likeness (QED) is 0.750. The molecule has 1 amide bonds. The number of hydrogen-bond donors (Lipinski definition) is 3. The topological polar surface area (TPSA) is 104 Å². The first-order chi connectivity index (χ1) is 9.66. The summed E-state index contributed by atoms with van der Waals surface area (Å²) in [6, 6.07) is 1.47. The average molecular weight is 314 g/mol. The van der Waals surface area contributed by atoms with Crippen LogP contribution in [0.1, 0.15) is 32.9 Å². The number of nitrogens with one attached hydrogen (secondary N) is 3. The zero-order chi connectivity index (χ0) is 15.7. The Morgan fingerprint density at radius 3 is 2.76 bits per heavy atom. The lowest BCUT2D eigenvalue weighted by Gasteiger charge is -2.22. The number of sulfone groups is 1. The summed E-state index contributed by atoms with van der Waals surface area (Å²) in [6.45, 7) is 6.53. The van der Waals surface area contributed by atoms with Gasteiger partial charge in [0.25, 0.3) is 0 Å². The summed E-state index contributed by atoms with van der Waals surface area (Å²) in [5.74, 6) is 0.369. The van der Waals surface area contributed by atoms with Crippen molar-refractivity contribution < 1.29 is 13.2 Å². The summed E-state index contributed by atoms with van der Waals surface area (Å²) >= 11 is 0. The lowest BCUT2D eigenvalue weighted by molar-refractivity contribution is -0.116. The van der Waals surface area contributed by atoms with Crippen LogP contribution in [-0.2, 0) is 20.0 Å². The van der Waals surface area contributed by atoms with Crippen molar-refractivity contribution in [3.63, 3.8) is 0 Å². The summed E-state index contributed by atoms with van der Waals surface area (Å²) < 4.78 is 23.1. The van der Waals surface area contributed by atoms with E-state index >= 15 is 0 Å². The van der Waals surface area contributed by atoms with E-state index in [1.807, 2.05) is 20.8 Å². The third-order valence-corrected chi connectivity index (χ3v) is 5.12. The number of amides is 1. The second-order valence-corrected chi connectivity index (χ2v) is 8.66. The highest BCUT2D eigenvalue weighted by Crippen LogP contribution is 2.22. The van der Waals surface area contributed by atoms with Crippen molar-refractivity contribution in [2.24, 2.45) is 0 Å². The molecule has 1 fully saturated rings. The highest BCUT2D eigenvalue weighted by atomic mass is 32.2. The van der Waals surface area contributed by atoms with Gasteiger partial charge in [-0.05, 0) is 0 Å². The number of hydrogen-bond acceptors (Lipinski definition) is 5. The Hall–Kier alpha value is -1.41.